The average Bonchev–Trinajstić information content (AvgIpc) is 1.35. The topological polar surface area (TPSA) is 237 Å². The standard InChI is InChI=1S/C79H140O17P2/c1-2-3-4-5-6-7-8-9-10-11-14-21-28-35-42-49-56-63-79(84)92-73-78(91-69-62-55-48-41-34-27-20-17-24-31-38-45-52-59-66-82)75-96-98(87,88)94-71-76(83)70-93-97(85,86)95-74-77(72-89-67-60-53-46-39-32-25-19-16-23-30-37-44-51-58-65-81)90-68-61-54-47-40-33-26-18-13-12-15-22-29-36-43-50-57-64-80/h6-7,9-10,12,14-17,19-21,35,42,64-66,76-78,83H,2-5,8,11,13,18,22-34,36-41,43-63,67-75H2,1H3,(H,85,86)(H,87,88)/b7-6-,10-9-,15-12-,19-16-,20-17-,21-14-,42-35-/t76-,77+,78+/m0/s1. The van der Waals surface area contributed by atoms with E-state index in [0.29, 0.717) is 51.9 Å². The number of carbonyl (C=O) groups is 4. The molecule has 0 heterocycles. The van der Waals surface area contributed by atoms with Crippen LogP contribution in [0.15, 0.2) is 85.1 Å². The van der Waals surface area contributed by atoms with Gasteiger partial charge in [0.1, 0.15) is 43.8 Å². The summed E-state index contributed by atoms with van der Waals surface area (Å²) in [5.74, 6) is -0.430. The van der Waals surface area contributed by atoms with Gasteiger partial charge in [0.05, 0.1) is 33.0 Å². The number of aliphatic hydroxyl groups excluding tert-OH is 1. The van der Waals surface area contributed by atoms with Crippen molar-refractivity contribution in [1.29, 1.82) is 0 Å². The molecule has 2 unspecified atom stereocenters. The predicted octanol–water partition coefficient (Wildman–Crippen LogP) is 21.2. The summed E-state index contributed by atoms with van der Waals surface area (Å²) in [6, 6.07) is 0. The second-order valence-corrected chi connectivity index (χ2v) is 28.7. The van der Waals surface area contributed by atoms with Crippen LogP contribution in [-0.2, 0) is 65.4 Å². The molecule has 0 radical (unpaired) electrons. The van der Waals surface area contributed by atoms with Gasteiger partial charge in [-0.2, -0.15) is 0 Å². The Morgan fingerprint density at radius 2 is 0.602 bits per heavy atom. The zero-order valence-electron chi connectivity index (χ0n) is 61.3. The minimum atomic E-state index is -4.81. The smallest absolute Gasteiger partial charge is 0.463 e. The molecule has 0 rings (SSSR count). The molecule has 0 saturated carbocycles. The quantitative estimate of drug-likeness (QED) is 0.0169. The van der Waals surface area contributed by atoms with Crippen LogP contribution in [0.25, 0.3) is 0 Å². The Morgan fingerprint density at radius 3 is 0.959 bits per heavy atom. The van der Waals surface area contributed by atoms with Crippen LogP contribution in [-0.4, -0.2) is 117 Å². The highest BCUT2D eigenvalue weighted by molar-refractivity contribution is 7.47. The van der Waals surface area contributed by atoms with Gasteiger partial charge < -0.3 is 48.2 Å². The first-order chi connectivity index (χ1) is 48.0. The van der Waals surface area contributed by atoms with Crippen molar-refractivity contribution in [2.75, 3.05) is 59.5 Å². The molecule has 0 fully saturated rings. The molecule has 0 amide bonds. The number of hydrogen-bond acceptors (Lipinski definition) is 15. The van der Waals surface area contributed by atoms with Crippen LogP contribution in [0, 0.1) is 0 Å². The number of unbranched alkanes of at least 4 members (excludes halogenated alkanes) is 36. The number of aliphatic hydroxyl groups is 1. The second kappa shape index (κ2) is 76.4. The first kappa shape index (κ1) is 94.7. The zero-order valence-corrected chi connectivity index (χ0v) is 63.1. The van der Waals surface area contributed by atoms with Gasteiger partial charge in [-0.1, -0.05) is 214 Å². The van der Waals surface area contributed by atoms with E-state index in [1.807, 2.05) is 6.08 Å². The van der Waals surface area contributed by atoms with Gasteiger partial charge in [-0.05, 0) is 161 Å². The Kier molecular flexibility index (Phi) is 73.8. The SMILES string of the molecule is CCCCC/C=C\C/C=C\C/C=C\C/C=C\CCCC(=O)OC[C@H](COP(=O)(O)OC[C@@H](O)COP(=O)(O)OC[C@@H](COCCCCCCC/C=C\CCCCCCC=O)OCCCCCCCCC/C=C\CCCCCCC=O)OCCCCCCC/C=C\CCCCCCC=O. The number of allylic oxidation sites excluding steroid dienone is 14. The molecule has 19 heteroatoms. The van der Waals surface area contributed by atoms with Crippen LogP contribution < -0.4 is 0 Å². The highest BCUT2D eigenvalue weighted by atomic mass is 31.2. The third-order valence-electron chi connectivity index (χ3n) is 16.4. The maximum Gasteiger partial charge on any atom is 0.472 e. The number of carbonyl (C=O) groups excluding carboxylic acids is 4. The molecule has 98 heavy (non-hydrogen) atoms. The Bertz CT molecular complexity index is 2090. The largest absolute Gasteiger partial charge is 0.472 e. The van der Waals surface area contributed by atoms with Crippen LogP contribution in [0.5, 0.6) is 0 Å². The van der Waals surface area contributed by atoms with Crippen molar-refractivity contribution in [3.63, 3.8) is 0 Å². The Morgan fingerprint density at radius 1 is 0.327 bits per heavy atom. The summed E-state index contributed by atoms with van der Waals surface area (Å²) in [5.41, 5.74) is 0. The third kappa shape index (κ3) is 75.4. The Hall–Kier alpha value is -3.28. The first-order valence-corrected chi connectivity index (χ1v) is 41.7. The fraction of sp³-hybridized carbons (Fsp3) is 0.772. The van der Waals surface area contributed by atoms with Crippen molar-refractivity contribution in [3.8, 4) is 0 Å². The monoisotopic (exact) mass is 1420 g/mol. The lowest BCUT2D eigenvalue weighted by atomic mass is 10.1. The van der Waals surface area contributed by atoms with Gasteiger partial charge in [0, 0.05) is 45.5 Å². The first-order valence-electron chi connectivity index (χ1n) is 38.7. The van der Waals surface area contributed by atoms with E-state index in [-0.39, 0.29) is 26.2 Å². The molecule has 3 N–H and O–H groups in total. The highest BCUT2D eigenvalue weighted by Crippen LogP contribution is 2.45. The number of aldehydes is 3. The van der Waals surface area contributed by atoms with E-state index in [0.717, 1.165) is 237 Å². The zero-order chi connectivity index (χ0) is 71.3. The molecule has 0 bridgehead atoms. The summed E-state index contributed by atoms with van der Waals surface area (Å²) < 4.78 is 70.5. The van der Waals surface area contributed by atoms with Crippen molar-refractivity contribution < 1.29 is 80.2 Å². The van der Waals surface area contributed by atoms with Crippen molar-refractivity contribution in [2.24, 2.45) is 0 Å². The maximum absolute atomic E-state index is 13.1. The average molecular weight is 1420 g/mol. The van der Waals surface area contributed by atoms with Gasteiger partial charge in [0.15, 0.2) is 0 Å². The minimum Gasteiger partial charge on any atom is -0.463 e. The molecule has 0 aromatic carbocycles. The Labute approximate surface area is 595 Å². The fourth-order valence-electron chi connectivity index (χ4n) is 10.4. The molecule has 0 aliphatic carbocycles. The number of rotatable bonds is 79. The van der Waals surface area contributed by atoms with Gasteiger partial charge in [0.25, 0.3) is 0 Å². The molecular weight excluding hydrogens is 1280 g/mol. The van der Waals surface area contributed by atoms with E-state index in [2.05, 4.69) is 85.9 Å². The predicted molar refractivity (Wildman–Crippen MR) is 400 cm³/mol. The molecule has 0 saturated heterocycles. The van der Waals surface area contributed by atoms with Crippen molar-refractivity contribution in [1.82, 2.24) is 0 Å². The summed E-state index contributed by atoms with van der Waals surface area (Å²) in [6.07, 6.45) is 79.0. The number of esters is 1. The van der Waals surface area contributed by atoms with E-state index >= 15 is 0 Å². The lowest BCUT2D eigenvalue weighted by Crippen LogP contribution is -2.28. The molecule has 0 aromatic rings. The normalized spacial score (nSPS) is 14.5. The van der Waals surface area contributed by atoms with Gasteiger partial charge in [-0.15, -0.1) is 0 Å². The van der Waals surface area contributed by atoms with Gasteiger partial charge >= 0.3 is 21.6 Å². The van der Waals surface area contributed by atoms with E-state index in [4.69, 9.17) is 37.0 Å². The van der Waals surface area contributed by atoms with Crippen LogP contribution in [0.4, 0.5) is 0 Å². The third-order valence-corrected chi connectivity index (χ3v) is 18.3. The van der Waals surface area contributed by atoms with E-state index in [1.54, 1.807) is 0 Å². The summed E-state index contributed by atoms with van der Waals surface area (Å²) in [5, 5.41) is 10.6. The number of hydrogen-bond donors (Lipinski definition) is 3. The van der Waals surface area contributed by atoms with Crippen LogP contribution in [0.2, 0.25) is 0 Å². The highest BCUT2D eigenvalue weighted by Gasteiger charge is 2.29. The molecule has 0 spiro atoms. The number of phosphoric ester groups is 2. The van der Waals surface area contributed by atoms with E-state index in [1.165, 1.54) is 51.4 Å². The van der Waals surface area contributed by atoms with Gasteiger partial charge in [-0.3, -0.25) is 22.9 Å². The molecule has 568 valence electrons. The second-order valence-electron chi connectivity index (χ2n) is 25.8. The fourth-order valence-corrected chi connectivity index (χ4v) is 12.0. The van der Waals surface area contributed by atoms with Crippen LogP contribution >= 0.6 is 15.6 Å². The molecule has 5 atom stereocenters. The summed E-state index contributed by atoms with van der Waals surface area (Å²) in [4.78, 5) is 65.5. The number of phosphoric acid groups is 2. The number of ether oxygens (including phenoxy) is 4. The summed E-state index contributed by atoms with van der Waals surface area (Å²) >= 11 is 0. The van der Waals surface area contributed by atoms with E-state index < -0.39 is 59.7 Å². The lowest BCUT2D eigenvalue weighted by Gasteiger charge is -2.21. The maximum atomic E-state index is 13.1. The van der Waals surface area contributed by atoms with Crippen LogP contribution in [0.3, 0.4) is 0 Å². The van der Waals surface area contributed by atoms with Crippen LogP contribution in [0.1, 0.15) is 315 Å². The molecular formula is C79H140O17P2. The van der Waals surface area contributed by atoms with Gasteiger partial charge in [-0.25, -0.2) is 9.13 Å². The van der Waals surface area contributed by atoms with Crippen molar-refractivity contribution in [3.05, 3.63) is 85.1 Å². The molecule has 0 aromatic heterocycles. The lowest BCUT2D eigenvalue weighted by molar-refractivity contribution is -0.149. The van der Waals surface area contributed by atoms with Crippen molar-refractivity contribution >= 4 is 40.5 Å². The molecule has 0 aliphatic heterocycles. The van der Waals surface area contributed by atoms with Crippen molar-refractivity contribution in [2.45, 2.75) is 333 Å². The molecule has 0 aliphatic rings. The molecule has 17 nitrogen and oxygen atoms in total. The summed E-state index contributed by atoms with van der Waals surface area (Å²) in [7, 11) is -9.55. The van der Waals surface area contributed by atoms with E-state index in [9.17, 15) is 43.2 Å². The van der Waals surface area contributed by atoms with Gasteiger partial charge in [0.2, 0.25) is 0 Å². The Balaban J connectivity index is 5.18. The summed E-state index contributed by atoms with van der Waals surface area (Å²) in [6.45, 7) is 1.08. The minimum absolute atomic E-state index is 0.147.